The van der Waals surface area contributed by atoms with Gasteiger partial charge >= 0.3 is 0 Å². The number of ether oxygens (including phenoxy) is 1. The number of nitrogens with one attached hydrogen (secondary N) is 2. The fraction of sp³-hybridized carbons (Fsp3) is 0.929. The van der Waals surface area contributed by atoms with Crippen molar-refractivity contribution in [3.8, 4) is 0 Å². The summed E-state index contributed by atoms with van der Waals surface area (Å²) in [6.07, 6.45) is 2.39. The highest BCUT2D eigenvalue weighted by atomic mass is 16.5. The average molecular weight is 255 g/mol. The van der Waals surface area contributed by atoms with Crippen LogP contribution in [-0.2, 0) is 4.74 Å². The first kappa shape index (κ1) is 15.3. The lowest BCUT2D eigenvalue weighted by Gasteiger charge is -2.11. The van der Waals surface area contributed by atoms with Crippen molar-refractivity contribution in [2.45, 2.75) is 46.6 Å². The summed E-state index contributed by atoms with van der Waals surface area (Å²) in [5.41, 5.74) is 0. The molecule has 0 saturated heterocycles. The third kappa shape index (κ3) is 6.84. The van der Waals surface area contributed by atoms with Crippen LogP contribution in [0.5, 0.6) is 0 Å². The number of hydrogen-bond donors (Lipinski definition) is 2. The Morgan fingerprint density at radius 1 is 1.39 bits per heavy atom. The Bertz CT molecular complexity index is 253. The summed E-state index contributed by atoms with van der Waals surface area (Å²) in [5.74, 6) is 2.43. The normalized spacial score (nSPS) is 23.3. The fourth-order valence-corrected chi connectivity index (χ4v) is 1.66. The van der Waals surface area contributed by atoms with E-state index >= 15 is 0 Å². The van der Waals surface area contributed by atoms with Crippen LogP contribution in [0.4, 0.5) is 0 Å². The average Bonchev–Trinajstić information content (AvgIpc) is 2.99. The molecule has 1 aliphatic carbocycles. The molecule has 1 fully saturated rings. The first-order chi connectivity index (χ1) is 8.63. The molecule has 0 aromatic rings. The van der Waals surface area contributed by atoms with Crippen LogP contribution in [0.25, 0.3) is 0 Å². The molecule has 1 aliphatic rings. The highest BCUT2D eigenvalue weighted by Crippen LogP contribution is 2.28. The van der Waals surface area contributed by atoms with Gasteiger partial charge in [-0.3, -0.25) is 4.99 Å². The molecule has 0 aliphatic heterocycles. The SMILES string of the molecule is CCNC(=NCCOCCC(C)C)NC1CC1C. The van der Waals surface area contributed by atoms with Gasteiger partial charge in [0.1, 0.15) is 0 Å². The molecule has 0 heterocycles. The van der Waals surface area contributed by atoms with E-state index in [0.29, 0.717) is 18.6 Å². The molecule has 2 N–H and O–H groups in total. The third-order valence-corrected chi connectivity index (χ3v) is 3.12. The summed E-state index contributed by atoms with van der Waals surface area (Å²) >= 11 is 0. The van der Waals surface area contributed by atoms with Crippen molar-refractivity contribution in [1.29, 1.82) is 0 Å². The van der Waals surface area contributed by atoms with Crippen LogP contribution in [0.1, 0.15) is 40.5 Å². The Hall–Kier alpha value is -0.770. The van der Waals surface area contributed by atoms with E-state index in [0.717, 1.165) is 38.0 Å². The van der Waals surface area contributed by atoms with Crippen molar-refractivity contribution in [1.82, 2.24) is 10.6 Å². The Morgan fingerprint density at radius 2 is 2.11 bits per heavy atom. The predicted octanol–water partition coefficient (Wildman–Crippen LogP) is 2.01. The van der Waals surface area contributed by atoms with Crippen LogP contribution in [0.15, 0.2) is 4.99 Å². The molecule has 18 heavy (non-hydrogen) atoms. The Morgan fingerprint density at radius 3 is 2.67 bits per heavy atom. The minimum Gasteiger partial charge on any atom is -0.380 e. The molecular formula is C14H29N3O. The second-order valence-electron chi connectivity index (χ2n) is 5.52. The summed E-state index contributed by atoms with van der Waals surface area (Å²) in [6.45, 7) is 12.0. The van der Waals surface area contributed by atoms with Gasteiger partial charge in [0.05, 0.1) is 13.2 Å². The molecular weight excluding hydrogens is 226 g/mol. The summed E-state index contributed by atoms with van der Waals surface area (Å²) < 4.78 is 5.55. The molecule has 2 atom stereocenters. The monoisotopic (exact) mass is 255 g/mol. The quantitative estimate of drug-likeness (QED) is 0.396. The van der Waals surface area contributed by atoms with Crippen LogP contribution in [0.3, 0.4) is 0 Å². The molecule has 0 radical (unpaired) electrons. The summed E-state index contributed by atoms with van der Waals surface area (Å²) in [4.78, 5) is 4.51. The predicted molar refractivity (Wildman–Crippen MR) is 77.0 cm³/mol. The second-order valence-corrected chi connectivity index (χ2v) is 5.52. The molecule has 2 unspecified atom stereocenters. The Balaban J connectivity index is 2.11. The van der Waals surface area contributed by atoms with E-state index in [1.807, 2.05) is 0 Å². The van der Waals surface area contributed by atoms with Gasteiger partial charge < -0.3 is 15.4 Å². The van der Waals surface area contributed by atoms with Crippen LogP contribution in [0, 0.1) is 11.8 Å². The van der Waals surface area contributed by atoms with Crippen LogP contribution in [-0.4, -0.2) is 38.3 Å². The number of nitrogens with zero attached hydrogens (tertiary/aromatic N) is 1. The molecule has 1 saturated carbocycles. The molecule has 0 aromatic carbocycles. The largest absolute Gasteiger partial charge is 0.380 e. The topological polar surface area (TPSA) is 45.7 Å². The Kier molecular flexibility index (Phi) is 7.09. The van der Waals surface area contributed by atoms with E-state index < -0.39 is 0 Å². The smallest absolute Gasteiger partial charge is 0.191 e. The van der Waals surface area contributed by atoms with Crippen molar-refractivity contribution in [3.63, 3.8) is 0 Å². The van der Waals surface area contributed by atoms with Crippen LogP contribution < -0.4 is 10.6 Å². The lowest BCUT2D eigenvalue weighted by molar-refractivity contribution is 0.130. The third-order valence-electron chi connectivity index (χ3n) is 3.12. The van der Waals surface area contributed by atoms with E-state index in [2.05, 4.69) is 43.3 Å². The zero-order valence-electron chi connectivity index (χ0n) is 12.3. The maximum absolute atomic E-state index is 5.55. The molecule has 0 bridgehead atoms. The lowest BCUT2D eigenvalue weighted by Crippen LogP contribution is -2.39. The molecule has 4 nitrogen and oxygen atoms in total. The van der Waals surface area contributed by atoms with Gasteiger partial charge in [-0.2, -0.15) is 0 Å². The number of guanidine groups is 1. The van der Waals surface area contributed by atoms with Gasteiger partial charge in [0.15, 0.2) is 5.96 Å². The molecule has 0 spiro atoms. The minimum atomic E-state index is 0.615. The standard InChI is InChI=1S/C14H29N3O/c1-5-15-14(17-13-10-12(13)4)16-7-9-18-8-6-11(2)3/h11-13H,5-10H2,1-4H3,(H2,15,16,17). The van der Waals surface area contributed by atoms with Gasteiger partial charge in [-0.1, -0.05) is 20.8 Å². The molecule has 1 rings (SSSR count). The maximum Gasteiger partial charge on any atom is 0.191 e. The number of rotatable bonds is 8. The van der Waals surface area contributed by atoms with Crippen LogP contribution in [0.2, 0.25) is 0 Å². The second kappa shape index (κ2) is 8.35. The fourth-order valence-electron chi connectivity index (χ4n) is 1.66. The Labute approximate surface area is 112 Å². The first-order valence-corrected chi connectivity index (χ1v) is 7.26. The minimum absolute atomic E-state index is 0.615. The van der Waals surface area contributed by atoms with Crippen molar-refractivity contribution in [2.24, 2.45) is 16.8 Å². The molecule has 4 heteroatoms. The highest BCUT2D eigenvalue weighted by Gasteiger charge is 2.33. The van der Waals surface area contributed by atoms with Crippen molar-refractivity contribution in [2.75, 3.05) is 26.3 Å². The van der Waals surface area contributed by atoms with E-state index in [1.165, 1.54) is 6.42 Å². The van der Waals surface area contributed by atoms with Gasteiger partial charge in [0.2, 0.25) is 0 Å². The highest BCUT2D eigenvalue weighted by molar-refractivity contribution is 5.80. The van der Waals surface area contributed by atoms with E-state index in [4.69, 9.17) is 4.74 Å². The summed E-state index contributed by atoms with van der Waals surface area (Å²) in [6, 6.07) is 0.615. The van der Waals surface area contributed by atoms with E-state index in [-0.39, 0.29) is 0 Å². The zero-order valence-corrected chi connectivity index (χ0v) is 12.3. The number of aliphatic imine (C=N–C) groups is 1. The summed E-state index contributed by atoms with van der Waals surface area (Å²) in [5, 5.41) is 6.70. The van der Waals surface area contributed by atoms with Gasteiger partial charge in [0.25, 0.3) is 0 Å². The molecule has 0 aromatic heterocycles. The van der Waals surface area contributed by atoms with Gasteiger partial charge in [0, 0.05) is 19.2 Å². The first-order valence-electron chi connectivity index (χ1n) is 7.26. The van der Waals surface area contributed by atoms with E-state index in [1.54, 1.807) is 0 Å². The summed E-state index contributed by atoms with van der Waals surface area (Å²) in [7, 11) is 0. The maximum atomic E-state index is 5.55. The van der Waals surface area contributed by atoms with E-state index in [9.17, 15) is 0 Å². The zero-order chi connectivity index (χ0) is 13.4. The van der Waals surface area contributed by atoms with Crippen LogP contribution >= 0.6 is 0 Å². The van der Waals surface area contributed by atoms with Gasteiger partial charge in [-0.25, -0.2) is 0 Å². The van der Waals surface area contributed by atoms with Crippen molar-refractivity contribution >= 4 is 5.96 Å². The number of hydrogen-bond acceptors (Lipinski definition) is 2. The van der Waals surface area contributed by atoms with Crippen molar-refractivity contribution in [3.05, 3.63) is 0 Å². The molecule has 0 amide bonds. The van der Waals surface area contributed by atoms with Gasteiger partial charge in [-0.05, 0) is 31.6 Å². The molecule has 106 valence electrons. The van der Waals surface area contributed by atoms with Gasteiger partial charge in [-0.15, -0.1) is 0 Å². The van der Waals surface area contributed by atoms with Crippen molar-refractivity contribution < 1.29 is 4.74 Å². The lowest BCUT2D eigenvalue weighted by atomic mass is 10.1.